The molecule has 1 heterocycles. The number of nitrogens with one attached hydrogen (secondary N) is 2. The summed E-state index contributed by atoms with van der Waals surface area (Å²) < 4.78 is 5.43. The SMILES string of the molecule is CCOc1cc(NC(C)c2nn[nH]n2)ccc1N. The minimum atomic E-state index is -0.0538. The van der Waals surface area contributed by atoms with E-state index in [2.05, 4.69) is 25.9 Å². The summed E-state index contributed by atoms with van der Waals surface area (Å²) in [5.41, 5.74) is 7.32. The molecule has 1 aromatic heterocycles. The Morgan fingerprint density at radius 2 is 2.33 bits per heavy atom. The van der Waals surface area contributed by atoms with Gasteiger partial charge in [0.05, 0.1) is 18.3 Å². The molecule has 0 amide bonds. The summed E-state index contributed by atoms with van der Waals surface area (Å²) in [6, 6.07) is 5.49. The number of hydrogen-bond acceptors (Lipinski definition) is 6. The zero-order valence-electron chi connectivity index (χ0n) is 10.3. The highest BCUT2D eigenvalue weighted by atomic mass is 16.5. The van der Waals surface area contributed by atoms with Gasteiger partial charge in [0, 0.05) is 11.8 Å². The second kappa shape index (κ2) is 5.35. The summed E-state index contributed by atoms with van der Waals surface area (Å²) in [6.45, 7) is 4.44. The quantitative estimate of drug-likeness (QED) is 0.690. The average molecular weight is 248 g/mol. The first-order valence-corrected chi connectivity index (χ1v) is 5.73. The van der Waals surface area contributed by atoms with Crippen molar-refractivity contribution in [3.63, 3.8) is 0 Å². The summed E-state index contributed by atoms with van der Waals surface area (Å²) in [6.07, 6.45) is 0. The first-order valence-electron chi connectivity index (χ1n) is 5.73. The van der Waals surface area contributed by atoms with E-state index in [-0.39, 0.29) is 6.04 Å². The lowest BCUT2D eigenvalue weighted by Gasteiger charge is -2.14. The predicted octanol–water partition coefficient (Wildman–Crippen LogP) is 1.35. The van der Waals surface area contributed by atoms with Gasteiger partial charge in [-0.2, -0.15) is 5.21 Å². The molecule has 0 saturated heterocycles. The molecule has 4 N–H and O–H groups in total. The molecule has 0 saturated carbocycles. The van der Waals surface area contributed by atoms with Crippen LogP contribution in [0.1, 0.15) is 25.7 Å². The van der Waals surface area contributed by atoms with Crippen molar-refractivity contribution in [1.82, 2.24) is 20.6 Å². The number of aromatic nitrogens is 4. The molecule has 0 bridgehead atoms. The molecule has 2 rings (SSSR count). The standard InChI is InChI=1S/C11H16N6O/c1-3-18-10-6-8(4-5-9(10)12)13-7(2)11-14-16-17-15-11/h4-7,13H,3,12H2,1-2H3,(H,14,15,16,17). The van der Waals surface area contributed by atoms with Crippen molar-refractivity contribution >= 4 is 11.4 Å². The fraction of sp³-hybridized carbons (Fsp3) is 0.364. The molecular weight excluding hydrogens is 232 g/mol. The number of nitrogens with two attached hydrogens (primary N) is 1. The van der Waals surface area contributed by atoms with Crippen molar-refractivity contribution in [3.05, 3.63) is 24.0 Å². The third-order valence-electron chi connectivity index (χ3n) is 2.45. The van der Waals surface area contributed by atoms with Crippen molar-refractivity contribution < 1.29 is 4.74 Å². The average Bonchev–Trinajstić information content (AvgIpc) is 2.87. The number of aromatic amines is 1. The molecule has 0 fully saturated rings. The summed E-state index contributed by atoms with van der Waals surface area (Å²) in [4.78, 5) is 0. The molecule has 2 aromatic rings. The highest BCUT2D eigenvalue weighted by Crippen LogP contribution is 2.27. The van der Waals surface area contributed by atoms with Gasteiger partial charge in [0.1, 0.15) is 5.75 Å². The lowest BCUT2D eigenvalue weighted by atomic mass is 10.2. The maximum absolute atomic E-state index is 5.81. The van der Waals surface area contributed by atoms with E-state index in [4.69, 9.17) is 10.5 Å². The van der Waals surface area contributed by atoms with Crippen LogP contribution in [0.4, 0.5) is 11.4 Å². The van der Waals surface area contributed by atoms with Gasteiger partial charge in [-0.3, -0.25) is 0 Å². The molecule has 7 heteroatoms. The smallest absolute Gasteiger partial charge is 0.196 e. The zero-order chi connectivity index (χ0) is 13.0. The Hall–Kier alpha value is -2.31. The van der Waals surface area contributed by atoms with Crippen LogP contribution in [0.15, 0.2) is 18.2 Å². The van der Waals surface area contributed by atoms with E-state index in [0.29, 0.717) is 23.9 Å². The fourth-order valence-electron chi connectivity index (χ4n) is 1.57. The maximum Gasteiger partial charge on any atom is 0.196 e. The maximum atomic E-state index is 5.81. The molecule has 0 aliphatic rings. The normalized spacial score (nSPS) is 12.1. The first-order chi connectivity index (χ1) is 8.70. The number of H-pyrrole nitrogens is 1. The summed E-state index contributed by atoms with van der Waals surface area (Å²) in [7, 11) is 0. The van der Waals surface area contributed by atoms with Gasteiger partial charge in [0.15, 0.2) is 5.82 Å². The van der Waals surface area contributed by atoms with Crippen LogP contribution in [0.2, 0.25) is 0 Å². The molecular formula is C11H16N6O. The molecule has 7 nitrogen and oxygen atoms in total. The molecule has 18 heavy (non-hydrogen) atoms. The monoisotopic (exact) mass is 248 g/mol. The predicted molar refractivity (Wildman–Crippen MR) is 68.2 cm³/mol. The van der Waals surface area contributed by atoms with Crippen LogP contribution in [0.3, 0.4) is 0 Å². The van der Waals surface area contributed by atoms with E-state index >= 15 is 0 Å². The van der Waals surface area contributed by atoms with Crippen molar-refractivity contribution in [2.24, 2.45) is 0 Å². The van der Waals surface area contributed by atoms with E-state index < -0.39 is 0 Å². The summed E-state index contributed by atoms with van der Waals surface area (Å²) in [5.74, 6) is 1.27. The Morgan fingerprint density at radius 3 is 3.00 bits per heavy atom. The Morgan fingerprint density at radius 1 is 1.50 bits per heavy atom. The van der Waals surface area contributed by atoms with Crippen molar-refractivity contribution in [2.45, 2.75) is 19.9 Å². The topological polar surface area (TPSA) is 102 Å². The van der Waals surface area contributed by atoms with E-state index in [9.17, 15) is 0 Å². The van der Waals surface area contributed by atoms with Crippen LogP contribution in [0.5, 0.6) is 5.75 Å². The van der Waals surface area contributed by atoms with Crippen molar-refractivity contribution in [1.29, 1.82) is 0 Å². The second-order valence-corrected chi connectivity index (χ2v) is 3.82. The van der Waals surface area contributed by atoms with Gasteiger partial charge in [-0.15, -0.1) is 10.2 Å². The number of ether oxygens (including phenoxy) is 1. The number of benzene rings is 1. The molecule has 1 unspecified atom stereocenters. The highest BCUT2D eigenvalue weighted by Gasteiger charge is 2.10. The molecule has 96 valence electrons. The number of nitrogens with zero attached hydrogens (tertiary/aromatic N) is 3. The lowest BCUT2D eigenvalue weighted by Crippen LogP contribution is -2.09. The van der Waals surface area contributed by atoms with Gasteiger partial charge < -0.3 is 15.8 Å². The van der Waals surface area contributed by atoms with Gasteiger partial charge in [-0.1, -0.05) is 5.21 Å². The number of hydrogen-bond donors (Lipinski definition) is 3. The van der Waals surface area contributed by atoms with Gasteiger partial charge in [-0.05, 0) is 26.0 Å². The van der Waals surface area contributed by atoms with E-state index in [1.54, 1.807) is 6.07 Å². The number of rotatable bonds is 5. The molecule has 0 aliphatic heterocycles. The third-order valence-corrected chi connectivity index (χ3v) is 2.45. The fourth-order valence-corrected chi connectivity index (χ4v) is 1.57. The van der Waals surface area contributed by atoms with Crippen LogP contribution in [0, 0.1) is 0 Å². The van der Waals surface area contributed by atoms with Gasteiger partial charge in [-0.25, -0.2) is 0 Å². The van der Waals surface area contributed by atoms with Crippen LogP contribution >= 0.6 is 0 Å². The van der Waals surface area contributed by atoms with Crippen LogP contribution in [0.25, 0.3) is 0 Å². The van der Waals surface area contributed by atoms with Gasteiger partial charge >= 0.3 is 0 Å². The molecule has 0 aliphatic carbocycles. The van der Waals surface area contributed by atoms with E-state index in [1.165, 1.54) is 0 Å². The Labute approximate surface area is 105 Å². The minimum absolute atomic E-state index is 0.0538. The lowest BCUT2D eigenvalue weighted by molar-refractivity contribution is 0.342. The van der Waals surface area contributed by atoms with Gasteiger partial charge in [0.25, 0.3) is 0 Å². The first kappa shape index (κ1) is 12.2. The molecule has 0 radical (unpaired) electrons. The number of tetrazole rings is 1. The Kier molecular flexibility index (Phi) is 3.61. The summed E-state index contributed by atoms with van der Waals surface area (Å²) >= 11 is 0. The zero-order valence-corrected chi connectivity index (χ0v) is 10.3. The molecule has 1 atom stereocenters. The Bertz CT molecular complexity index is 498. The van der Waals surface area contributed by atoms with Crippen molar-refractivity contribution in [3.8, 4) is 5.75 Å². The van der Waals surface area contributed by atoms with Crippen LogP contribution in [-0.2, 0) is 0 Å². The molecule has 1 aromatic carbocycles. The van der Waals surface area contributed by atoms with E-state index in [1.807, 2.05) is 26.0 Å². The number of nitrogen functional groups attached to an aromatic ring is 1. The van der Waals surface area contributed by atoms with Crippen LogP contribution < -0.4 is 15.8 Å². The minimum Gasteiger partial charge on any atom is -0.492 e. The summed E-state index contributed by atoms with van der Waals surface area (Å²) in [5, 5.41) is 17.0. The third kappa shape index (κ3) is 2.68. The molecule has 0 spiro atoms. The largest absolute Gasteiger partial charge is 0.492 e. The second-order valence-electron chi connectivity index (χ2n) is 3.82. The van der Waals surface area contributed by atoms with E-state index in [0.717, 1.165) is 5.69 Å². The van der Waals surface area contributed by atoms with Crippen molar-refractivity contribution in [2.75, 3.05) is 17.7 Å². The highest BCUT2D eigenvalue weighted by molar-refractivity contribution is 5.61. The van der Waals surface area contributed by atoms with Crippen LogP contribution in [-0.4, -0.2) is 27.2 Å². The Balaban J connectivity index is 2.12. The number of anilines is 2. The van der Waals surface area contributed by atoms with Gasteiger partial charge in [0.2, 0.25) is 0 Å².